The molecule has 0 aromatic heterocycles. The molecule has 78 valence electrons. The molecule has 0 bridgehead atoms. The Morgan fingerprint density at radius 2 is 2.00 bits per heavy atom. The number of fused-ring (bicyclic) bond motifs is 1. The van der Waals surface area contributed by atoms with E-state index in [-0.39, 0.29) is 0 Å². The topological polar surface area (TPSA) is 42.9 Å². The Bertz CT molecular complexity index is 415. The third kappa shape index (κ3) is 1.52. The molecule has 0 aliphatic carbocycles. The molecule has 1 N–H and O–H groups in total. The summed E-state index contributed by atoms with van der Waals surface area (Å²) >= 11 is 0. The first kappa shape index (κ1) is 8.59. The number of aliphatic imine (C=N–C) groups is 1. The molecule has 1 aromatic rings. The van der Waals surface area contributed by atoms with Gasteiger partial charge in [-0.15, -0.1) is 0 Å². The van der Waals surface area contributed by atoms with Gasteiger partial charge in [-0.25, -0.2) is 0 Å². The Labute approximate surface area is 87.9 Å². The van der Waals surface area contributed by atoms with E-state index < -0.39 is 0 Å². The van der Waals surface area contributed by atoms with Crippen LogP contribution >= 0.6 is 0 Å². The van der Waals surface area contributed by atoms with E-state index in [1.165, 1.54) is 0 Å². The minimum Gasteiger partial charge on any atom is -0.486 e. The van der Waals surface area contributed by atoms with Gasteiger partial charge in [0.05, 0.1) is 6.54 Å². The zero-order valence-corrected chi connectivity index (χ0v) is 8.32. The Kier molecular flexibility index (Phi) is 1.98. The molecule has 1 aromatic carbocycles. The molecule has 0 atom stereocenters. The van der Waals surface area contributed by atoms with Gasteiger partial charge in [0.1, 0.15) is 19.0 Å². The molecule has 2 aliphatic heterocycles. The fourth-order valence-corrected chi connectivity index (χ4v) is 1.78. The monoisotopic (exact) mass is 204 g/mol. The lowest BCUT2D eigenvalue weighted by Gasteiger charge is -2.18. The summed E-state index contributed by atoms with van der Waals surface area (Å²) < 4.78 is 11.0. The molecule has 0 spiro atoms. The summed E-state index contributed by atoms with van der Waals surface area (Å²) in [5.74, 6) is 2.59. The molecule has 0 fully saturated rings. The summed E-state index contributed by atoms with van der Waals surface area (Å²) in [6.45, 7) is 3.02. The van der Waals surface area contributed by atoms with Crippen LogP contribution < -0.4 is 14.8 Å². The van der Waals surface area contributed by atoms with Crippen molar-refractivity contribution in [2.75, 3.05) is 26.3 Å². The molecule has 2 aliphatic rings. The zero-order chi connectivity index (χ0) is 10.1. The van der Waals surface area contributed by atoms with Crippen molar-refractivity contribution >= 4 is 5.84 Å². The maximum absolute atomic E-state index is 5.52. The van der Waals surface area contributed by atoms with Gasteiger partial charge in [-0.1, -0.05) is 0 Å². The summed E-state index contributed by atoms with van der Waals surface area (Å²) in [5, 5.41) is 3.23. The highest BCUT2D eigenvalue weighted by molar-refractivity contribution is 6.00. The van der Waals surface area contributed by atoms with E-state index >= 15 is 0 Å². The maximum Gasteiger partial charge on any atom is 0.162 e. The maximum atomic E-state index is 5.52. The van der Waals surface area contributed by atoms with E-state index in [1.807, 2.05) is 18.2 Å². The van der Waals surface area contributed by atoms with Crippen LogP contribution in [0.15, 0.2) is 23.2 Å². The molecule has 0 radical (unpaired) electrons. The number of amidine groups is 1. The number of benzene rings is 1. The molecule has 4 nitrogen and oxygen atoms in total. The highest BCUT2D eigenvalue weighted by Crippen LogP contribution is 2.30. The Balaban J connectivity index is 1.96. The van der Waals surface area contributed by atoms with Gasteiger partial charge in [-0.3, -0.25) is 4.99 Å². The first-order valence-electron chi connectivity index (χ1n) is 5.12. The number of ether oxygens (including phenoxy) is 2. The Morgan fingerprint density at radius 3 is 2.80 bits per heavy atom. The van der Waals surface area contributed by atoms with E-state index in [9.17, 15) is 0 Å². The van der Waals surface area contributed by atoms with E-state index in [4.69, 9.17) is 9.47 Å². The first-order valence-corrected chi connectivity index (χ1v) is 5.12. The largest absolute Gasteiger partial charge is 0.486 e. The van der Waals surface area contributed by atoms with Crippen LogP contribution in [0, 0.1) is 0 Å². The fourth-order valence-electron chi connectivity index (χ4n) is 1.78. The summed E-state index contributed by atoms with van der Waals surface area (Å²) in [4.78, 5) is 4.36. The van der Waals surface area contributed by atoms with Gasteiger partial charge in [0.2, 0.25) is 0 Å². The summed E-state index contributed by atoms with van der Waals surface area (Å²) in [6.07, 6.45) is 0. The molecular weight excluding hydrogens is 192 g/mol. The highest BCUT2D eigenvalue weighted by atomic mass is 16.6. The molecule has 0 saturated heterocycles. The summed E-state index contributed by atoms with van der Waals surface area (Å²) in [6, 6.07) is 5.92. The second-order valence-electron chi connectivity index (χ2n) is 3.52. The second kappa shape index (κ2) is 3.46. The molecule has 4 heteroatoms. The molecular formula is C11H12N2O2. The number of nitrogens with zero attached hydrogens (tertiary/aromatic N) is 1. The van der Waals surface area contributed by atoms with Crippen molar-refractivity contribution in [3.8, 4) is 11.5 Å². The molecule has 15 heavy (non-hydrogen) atoms. The minimum absolute atomic E-state index is 0.621. The Hall–Kier alpha value is -1.71. The van der Waals surface area contributed by atoms with Crippen LogP contribution in [0.1, 0.15) is 5.56 Å². The fraction of sp³-hybridized carbons (Fsp3) is 0.364. The van der Waals surface area contributed by atoms with E-state index in [0.29, 0.717) is 13.2 Å². The summed E-state index contributed by atoms with van der Waals surface area (Å²) in [7, 11) is 0. The zero-order valence-electron chi connectivity index (χ0n) is 8.32. The highest BCUT2D eigenvalue weighted by Gasteiger charge is 2.14. The Morgan fingerprint density at radius 1 is 1.13 bits per heavy atom. The minimum atomic E-state index is 0.621. The van der Waals surface area contributed by atoms with Gasteiger partial charge >= 0.3 is 0 Å². The van der Waals surface area contributed by atoms with Crippen molar-refractivity contribution in [3.63, 3.8) is 0 Å². The number of hydrogen-bond donors (Lipinski definition) is 1. The third-order valence-electron chi connectivity index (χ3n) is 2.49. The van der Waals surface area contributed by atoms with Crippen molar-refractivity contribution < 1.29 is 9.47 Å². The van der Waals surface area contributed by atoms with Crippen LogP contribution in [0.2, 0.25) is 0 Å². The van der Waals surface area contributed by atoms with Crippen LogP contribution in [0.3, 0.4) is 0 Å². The third-order valence-corrected chi connectivity index (χ3v) is 2.49. The molecule has 3 rings (SSSR count). The van der Waals surface area contributed by atoms with Crippen molar-refractivity contribution in [2.45, 2.75) is 0 Å². The lowest BCUT2D eigenvalue weighted by Crippen LogP contribution is -2.20. The van der Waals surface area contributed by atoms with E-state index in [2.05, 4.69) is 10.3 Å². The molecule has 0 saturated carbocycles. The van der Waals surface area contributed by atoms with Gasteiger partial charge < -0.3 is 14.8 Å². The number of hydrogen-bond acceptors (Lipinski definition) is 4. The molecule has 0 unspecified atom stereocenters. The van der Waals surface area contributed by atoms with Gasteiger partial charge in [0.15, 0.2) is 11.5 Å². The predicted octanol–water partition coefficient (Wildman–Crippen LogP) is 0.808. The van der Waals surface area contributed by atoms with Crippen molar-refractivity contribution in [1.82, 2.24) is 5.32 Å². The lowest BCUT2D eigenvalue weighted by molar-refractivity contribution is 0.171. The van der Waals surface area contributed by atoms with Crippen LogP contribution in [0.5, 0.6) is 11.5 Å². The number of rotatable bonds is 1. The van der Waals surface area contributed by atoms with Gasteiger partial charge in [0, 0.05) is 12.1 Å². The molecule has 0 amide bonds. The van der Waals surface area contributed by atoms with Gasteiger partial charge in [-0.2, -0.15) is 0 Å². The quantitative estimate of drug-likeness (QED) is 0.736. The summed E-state index contributed by atoms with van der Waals surface area (Å²) in [5.41, 5.74) is 1.07. The van der Waals surface area contributed by atoms with E-state index in [1.54, 1.807) is 0 Å². The van der Waals surface area contributed by atoms with Gasteiger partial charge in [0.25, 0.3) is 0 Å². The first-order chi connectivity index (χ1) is 7.43. The standard InChI is InChI=1S/C11H12N2O2/c1-2-9-10(15-6-5-14-9)7-8(1)11-12-3-4-13-11/h1-2,7H,3-6H2,(H,12,13). The van der Waals surface area contributed by atoms with Crippen LogP contribution in [-0.4, -0.2) is 32.1 Å². The van der Waals surface area contributed by atoms with Crippen LogP contribution in [-0.2, 0) is 0 Å². The van der Waals surface area contributed by atoms with Crippen LogP contribution in [0.25, 0.3) is 0 Å². The lowest BCUT2D eigenvalue weighted by atomic mass is 10.2. The second-order valence-corrected chi connectivity index (χ2v) is 3.52. The SMILES string of the molecule is c1cc2c(cc1C1=NCCN1)OCCO2. The number of nitrogens with one attached hydrogen (secondary N) is 1. The van der Waals surface area contributed by atoms with E-state index in [0.717, 1.165) is 36.0 Å². The predicted molar refractivity (Wildman–Crippen MR) is 56.8 cm³/mol. The average molecular weight is 204 g/mol. The van der Waals surface area contributed by atoms with Gasteiger partial charge in [-0.05, 0) is 18.2 Å². The van der Waals surface area contributed by atoms with Crippen molar-refractivity contribution in [3.05, 3.63) is 23.8 Å². The average Bonchev–Trinajstić information content (AvgIpc) is 2.82. The smallest absolute Gasteiger partial charge is 0.162 e. The van der Waals surface area contributed by atoms with Crippen molar-refractivity contribution in [1.29, 1.82) is 0 Å². The molecule has 2 heterocycles. The van der Waals surface area contributed by atoms with Crippen molar-refractivity contribution in [2.24, 2.45) is 4.99 Å². The van der Waals surface area contributed by atoms with Crippen LogP contribution in [0.4, 0.5) is 0 Å². The normalized spacial score (nSPS) is 18.3.